The summed E-state index contributed by atoms with van der Waals surface area (Å²) in [7, 11) is 2.26. The van der Waals surface area contributed by atoms with Gasteiger partial charge in [0.25, 0.3) is 5.91 Å². The lowest BCUT2D eigenvalue weighted by molar-refractivity contribution is -0.137. The Bertz CT molecular complexity index is 640. The van der Waals surface area contributed by atoms with Crippen LogP contribution in [0, 0.1) is 5.92 Å². The molecule has 0 aliphatic carbocycles. The van der Waals surface area contributed by atoms with Crippen LogP contribution < -0.4 is 4.74 Å². The number of piperidine rings is 1. The lowest BCUT2D eigenvalue weighted by atomic mass is 9.83. The van der Waals surface area contributed by atoms with Crippen molar-refractivity contribution in [2.45, 2.75) is 24.8 Å². The van der Waals surface area contributed by atoms with E-state index >= 15 is 0 Å². The van der Waals surface area contributed by atoms with Gasteiger partial charge in [-0.2, -0.15) is 0 Å². The highest BCUT2D eigenvalue weighted by Gasteiger charge is 2.43. The van der Waals surface area contributed by atoms with Crippen molar-refractivity contribution in [1.82, 2.24) is 14.7 Å². The monoisotopic (exact) mass is 387 g/mol. The van der Waals surface area contributed by atoms with Crippen LogP contribution in [0.2, 0.25) is 0 Å². The lowest BCUT2D eigenvalue weighted by Crippen LogP contribution is -2.65. The second kappa shape index (κ2) is 8.80. The molecule has 0 saturated carbocycles. The molecule has 0 aromatic heterocycles. The predicted molar refractivity (Wildman–Crippen MR) is 108 cm³/mol. The Balaban J connectivity index is 1.28. The third kappa shape index (κ3) is 4.50. The minimum absolute atomic E-state index is 0.0946. The summed E-state index contributed by atoms with van der Waals surface area (Å²) in [5.41, 5.74) is 0.203. The third-order valence-corrected chi connectivity index (χ3v) is 6.77. The molecule has 154 valence electrons. The molecule has 3 saturated heterocycles. The van der Waals surface area contributed by atoms with Crippen LogP contribution >= 0.6 is 0 Å². The number of nitrogens with zero attached hydrogens (tertiary/aromatic N) is 3. The fraction of sp³-hybridized carbons (Fsp3) is 0.682. The first kappa shape index (κ1) is 19.7. The number of hydrogen-bond acceptors (Lipinski definition) is 5. The molecule has 0 unspecified atom stereocenters. The Morgan fingerprint density at radius 2 is 1.96 bits per heavy atom. The van der Waals surface area contributed by atoms with E-state index in [0.29, 0.717) is 5.92 Å². The molecular weight excluding hydrogens is 354 g/mol. The molecule has 3 fully saturated rings. The molecule has 0 bridgehead atoms. The number of piperazine rings is 1. The highest BCUT2D eigenvalue weighted by atomic mass is 16.5. The number of rotatable bonds is 5. The van der Waals surface area contributed by atoms with Gasteiger partial charge >= 0.3 is 0 Å². The van der Waals surface area contributed by atoms with E-state index in [4.69, 9.17) is 9.47 Å². The van der Waals surface area contributed by atoms with Gasteiger partial charge in [0.15, 0.2) is 6.61 Å². The average Bonchev–Trinajstić information content (AvgIpc) is 3.23. The Kier molecular flexibility index (Phi) is 6.19. The van der Waals surface area contributed by atoms with Crippen LogP contribution in [-0.2, 0) is 9.53 Å². The predicted octanol–water partition coefficient (Wildman–Crippen LogP) is 1.71. The highest BCUT2D eigenvalue weighted by molar-refractivity contribution is 5.77. The summed E-state index contributed by atoms with van der Waals surface area (Å²) >= 11 is 0. The summed E-state index contributed by atoms with van der Waals surface area (Å²) in [6, 6.07) is 9.57. The number of para-hydroxylation sites is 1. The molecule has 1 amide bonds. The van der Waals surface area contributed by atoms with E-state index in [1.807, 2.05) is 35.2 Å². The molecule has 1 aromatic rings. The number of carbonyl (C=O) groups excluding carboxylic acids is 1. The van der Waals surface area contributed by atoms with Crippen molar-refractivity contribution in [3.05, 3.63) is 30.3 Å². The van der Waals surface area contributed by atoms with E-state index in [9.17, 15) is 4.79 Å². The van der Waals surface area contributed by atoms with Crippen LogP contribution in [0.1, 0.15) is 19.3 Å². The first-order valence-corrected chi connectivity index (χ1v) is 10.6. The standard InChI is InChI=1S/C22H33N3O3/c1-23-12-13-24(15-19-7-14-27-16-19)18-22(23)8-10-25(11-9-22)21(26)17-28-20-5-3-2-4-6-20/h2-6,19H,7-18H2,1H3/t19-/m0/s1. The van der Waals surface area contributed by atoms with Crippen LogP contribution in [0.4, 0.5) is 0 Å². The first-order chi connectivity index (χ1) is 13.6. The first-order valence-electron chi connectivity index (χ1n) is 10.6. The van der Waals surface area contributed by atoms with Crippen LogP contribution in [-0.4, -0.2) is 92.3 Å². The topological polar surface area (TPSA) is 45.2 Å². The van der Waals surface area contributed by atoms with Gasteiger partial charge < -0.3 is 14.4 Å². The Hall–Kier alpha value is -1.63. The molecule has 3 aliphatic heterocycles. The third-order valence-electron chi connectivity index (χ3n) is 6.77. The van der Waals surface area contributed by atoms with Gasteiger partial charge in [-0.25, -0.2) is 0 Å². The van der Waals surface area contributed by atoms with E-state index in [1.165, 1.54) is 6.42 Å². The maximum absolute atomic E-state index is 12.6. The molecule has 0 radical (unpaired) electrons. The van der Waals surface area contributed by atoms with Gasteiger partial charge in [-0.05, 0) is 44.4 Å². The number of amides is 1. The van der Waals surface area contributed by atoms with E-state index in [1.54, 1.807) is 0 Å². The van der Waals surface area contributed by atoms with Crippen molar-refractivity contribution in [2.75, 3.05) is 66.1 Å². The molecule has 1 spiro atoms. The van der Waals surface area contributed by atoms with Gasteiger partial charge in [-0.3, -0.25) is 14.6 Å². The van der Waals surface area contributed by atoms with E-state index in [-0.39, 0.29) is 18.1 Å². The summed E-state index contributed by atoms with van der Waals surface area (Å²) in [6.45, 7) is 8.13. The zero-order chi connectivity index (χ0) is 19.4. The zero-order valence-electron chi connectivity index (χ0n) is 17.0. The Morgan fingerprint density at radius 1 is 1.18 bits per heavy atom. The van der Waals surface area contributed by atoms with E-state index in [2.05, 4.69) is 16.8 Å². The second-order valence-corrected chi connectivity index (χ2v) is 8.59. The van der Waals surface area contributed by atoms with Gasteiger partial charge in [-0.1, -0.05) is 18.2 Å². The van der Waals surface area contributed by atoms with Crippen molar-refractivity contribution in [3.63, 3.8) is 0 Å². The molecular formula is C22H33N3O3. The molecule has 3 heterocycles. The number of ether oxygens (including phenoxy) is 2. The smallest absolute Gasteiger partial charge is 0.260 e. The van der Waals surface area contributed by atoms with E-state index in [0.717, 1.165) is 71.1 Å². The Labute approximate surface area is 168 Å². The summed E-state index contributed by atoms with van der Waals surface area (Å²) < 4.78 is 11.2. The lowest BCUT2D eigenvalue weighted by Gasteiger charge is -2.53. The van der Waals surface area contributed by atoms with Gasteiger partial charge in [0.05, 0.1) is 6.61 Å². The van der Waals surface area contributed by atoms with E-state index < -0.39 is 0 Å². The summed E-state index contributed by atoms with van der Waals surface area (Å²) in [6.07, 6.45) is 3.28. The van der Waals surface area contributed by atoms with Gasteiger partial charge in [0.2, 0.25) is 0 Å². The number of carbonyl (C=O) groups is 1. The number of likely N-dealkylation sites (tertiary alicyclic amines) is 1. The zero-order valence-corrected chi connectivity index (χ0v) is 17.0. The number of likely N-dealkylation sites (N-methyl/N-ethyl adjacent to an activating group) is 1. The van der Waals surface area contributed by atoms with Crippen LogP contribution in [0.3, 0.4) is 0 Å². The van der Waals surface area contributed by atoms with Crippen molar-refractivity contribution in [2.24, 2.45) is 5.92 Å². The number of benzene rings is 1. The number of hydrogen-bond donors (Lipinski definition) is 0. The summed E-state index contributed by atoms with van der Waals surface area (Å²) in [5.74, 6) is 1.54. The maximum atomic E-state index is 12.6. The summed E-state index contributed by atoms with van der Waals surface area (Å²) in [5, 5.41) is 0. The van der Waals surface area contributed by atoms with Crippen molar-refractivity contribution in [1.29, 1.82) is 0 Å². The molecule has 1 aromatic carbocycles. The van der Waals surface area contributed by atoms with Crippen molar-refractivity contribution >= 4 is 5.91 Å². The molecule has 3 aliphatic rings. The summed E-state index contributed by atoms with van der Waals surface area (Å²) in [4.78, 5) is 19.7. The van der Waals surface area contributed by atoms with Crippen LogP contribution in [0.25, 0.3) is 0 Å². The van der Waals surface area contributed by atoms with Crippen LogP contribution in [0.15, 0.2) is 30.3 Å². The van der Waals surface area contributed by atoms with Gasteiger partial charge in [-0.15, -0.1) is 0 Å². The van der Waals surface area contributed by atoms with Crippen molar-refractivity contribution < 1.29 is 14.3 Å². The molecule has 6 heteroatoms. The highest BCUT2D eigenvalue weighted by Crippen LogP contribution is 2.32. The fourth-order valence-corrected chi connectivity index (χ4v) is 4.86. The van der Waals surface area contributed by atoms with Gasteiger partial charge in [0, 0.05) is 51.4 Å². The molecule has 1 atom stereocenters. The van der Waals surface area contributed by atoms with Gasteiger partial charge in [0.1, 0.15) is 5.75 Å². The molecule has 4 rings (SSSR count). The normalized spacial score (nSPS) is 25.9. The molecule has 0 N–H and O–H groups in total. The minimum atomic E-state index is 0.0946. The average molecular weight is 388 g/mol. The fourth-order valence-electron chi connectivity index (χ4n) is 4.86. The van der Waals surface area contributed by atoms with Crippen LogP contribution in [0.5, 0.6) is 5.75 Å². The molecule has 6 nitrogen and oxygen atoms in total. The quantitative estimate of drug-likeness (QED) is 0.770. The van der Waals surface area contributed by atoms with Crippen molar-refractivity contribution in [3.8, 4) is 5.75 Å². The SMILES string of the molecule is CN1CCN(C[C@@H]2CCOC2)CC12CCN(C(=O)COc1ccccc1)CC2. The second-order valence-electron chi connectivity index (χ2n) is 8.59. The maximum Gasteiger partial charge on any atom is 0.260 e. The Morgan fingerprint density at radius 3 is 2.68 bits per heavy atom. The largest absolute Gasteiger partial charge is 0.484 e. The molecule has 28 heavy (non-hydrogen) atoms. The minimum Gasteiger partial charge on any atom is -0.484 e.